The highest BCUT2D eigenvalue weighted by molar-refractivity contribution is 7.89. The van der Waals surface area contributed by atoms with Crippen LogP contribution in [-0.4, -0.2) is 93.8 Å². The molecule has 1 amide bonds. The Hall–Kier alpha value is -2.31. The fraction of sp³-hybridized carbons (Fsp3) is 0.565. The fourth-order valence-corrected chi connectivity index (χ4v) is 5.76. The zero-order valence-electron chi connectivity index (χ0n) is 19.5. The van der Waals surface area contributed by atoms with Crippen LogP contribution in [0, 0.1) is 0 Å². The summed E-state index contributed by atoms with van der Waals surface area (Å²) in [5.41, 5.74) is 0.142. The number of ether oxygens (including phenoxy) is 2. The summed E-state index contributed by atoms with van der Waals surface area (Å²) < 4.78 is 39.9. The van der Waals surface area contributed by atoms with Gasteiger partial charge in [0.15, 0.2) is 0 Å². The third kappa shape index (κ3) is 5.33. The highest BCUT2D eigenvalue weighted by atomic mass is 32.2. The van der Waals surface area contributed by atoms with Crippen LogP contribution in [0.15, 0.2) is 34.1 Å². The molecule has 1 aromatic carbocycles. The number of pyridine rings is 1. The first kappa shape index (κ1) is 24.8. The number of morpholine rings is 2. The van der Waals surface area contributed by atoms with Crippen molar-refractivity contribution in [2.45, 2.75) is 24.8 Å². The molecule has 1 aromatic heterocycles. The van der Waals surface area contributed by atoms with E-state index in [1.807, 2.05) is 6.92 Å². The van der Waals surface area contributed by atoms with Gasteiger partial charge < -0.3 is 19.4 Å². The third-order valence-corrected chi connectivity index (χ3v) is 8.18. The number of nitrogens with one attached hydrogen (secondary N) is 1. The molecular weight excluding hydrogens is 460 g/mol. The molecule has 11 heteroatoms. The first-order valence-corrected chi connectivity index (χ1v) is 13.2. The Bertz CT molecular complexity index is 1180. The lowest BCUT2D eigenvalue weighted by molar-refractivity contribution is 0.0374. The van der Waals surface area contributed by atoms with Gasteiger partial charge in [0.05, 0.1) is 36.8 Å². The van der Waals surface area contributed by atoms with Gasteiger partial charge in [0.25, 0.3) is 5.91 Å². The summed E-state index contributed by atoms with van der Waals surface area (Å²) in [7, 11) is -3.76. The van der Waals surface area contributed by atoms with Gasteiger partial charge in [-0.3, -0.25) is 14.5 Å². The van der Waals surface area contributed by atoms with Crippen molar-refractivity contribution in [1.82, 2.24) is 19.1 Å². The van der Waals surface area contributed by atoms with Crippen molar-refractivity contribution in [1.29, 1.82) is 0 Å². The normalized spacial score (nSPS) is 18.3. The summed E-state index contributed by atoms with van der Waals surface area (Å²) in [5.74, 6) is -0.447. The molecule has 2 fully saturated rings. The second-order valence-corrected chi connectivity index (χ2v) is 10.4. The Morgan fingerprint density at radius 2 is 1.74 bits per heavy atom. The smallest absolute Gasteiger partial charge is 0.256 e. The van der Waals surface area contributed by atoms with E-state index in [2.05, 4.69) is 10.2 Å². The van der Waals surface area contributed by atoms with Crippen LogP contribution in [0.25, 0.3) is 10.9 Å². The van der Waals surface area contributed by atoms with Crippen LogP contribution in [0.5, 0.6) is 0 Å². The second kappa shape index (κ2) is 11.0. The van der Waals surface area contributed by atoms with Gasteiger partial charge in [-0.15, -0.1) is 0 Å². The van der Waals surface area contributed by atoms with Crippen molar-refractivity contribution in [2.24, 2.45) is 0 Å². The average molecular weight is 493 g/mol. The zero-order chi connectivity index (χ0) is 24.1. The van der Waals surface area contributed by atoms with E-state index in [0.717, 1.165) is 39.3 Å². The molecule has 0 radical (unpaired) electrons. The molecule has 186 valence electrons. The largest absolute Gasteiger partial charge is 0.379 e. The van der Waals surface area contributed by atoms with Crippen molar-refractivity contribution in [2.75, 3.05) is 65.7 Å². The minimum atomic E-state index is -3.76. The number of hydrogen-bond acceptors (Lipinski definition) is 7. The highest BCUT2D eigenvalue weighted by Crippen LogP contribution is 2.22. The van der Waals surface area contributed by atoms with Crippen molar-refractivity contribution < 1.29 is 22.7 Å². The molecule has 2 aliphatic rings. The summed E-state index contributed by atoms with van der Waals surface area (Å²) in [6.07, 6.45) is 2.32. The number of amides is 1. The molecule has 0 aliphatic carbocycles. The number of fused-ring (bicyclic) bond motifs is 1. The first-order valence-electron chi connectivity index (χ1n) is 11.7. The van der Waals surface area contributed by atoms with Gasteiger partial charge >= 0.3 is 0 Å². The summed E-state index contributed by atoms with van der Waals surface area (Å²) in [4.78, 5) is 28.4. The molecule has 1 N–H and O–H groups in total. The fourth-order valence-electron chi connectivity index (χ4n) is 4.32. The number of aryl methyl sites for hydroxylation is 1. The van der Waals surface area contributed by atoms with Crippen molar-refractivity contribution >= 4 is 26.8 Å². The first-order chi connectivity index (χ1) is 16.4. The van der Waals surface area contributed by atoms with Gasteiger partial charge in [0.1, 0.15) is 5.56 Å². The van der Waals surface area contributed by atoms with Crippen LogP contribution < -0.4 is 10.7 Å². The van der Waals surface area contributed by atoms with Crippen LogP contribution in [0.1, 0.15) is 23.7 Å². The molecule has 0 spiro atoms. The molecule has 3 heterocycles. The molecule has 34 heavy (non-hydrogen) atoms. The molecule has 10 nitrogen and oxygen atoms in total. The van der Waals surface area contributed by atoms with Crippen LogP contribution >= 0.6 is 0 Å². The zero-order valence-corrected chi connectivity index (χ0v) is 20.3. The van der Waals surface area contributed by atoms with E-state index in [1.54, 1.807) is 16.8 Å². The standard InChI is InChI=1S/C23H32N4O6S/c1-2-26-17-20(23(29)24-6-3-7-25-8-12-32-13-9-25)22(28)19-16-18(4-5-21(19)26)34(30,31)27-10-14-33-15-11-27/h4-5,16-17H,2-3,6-15H2,1H3,(H,24,29). The van der Waals surface area contributed by atoms with E-state index < -0.39 is 21.4 Å². The molecule has 2 saturated heterocycles. The number of carbonyl (C=O) groups is 1. The molecule has 4 rings (SSSR count). The van der Waals surface area contributed by atoms with Crippen LogP contribution in [-0.2, 0) is 26.0 Å². The van der Waals surface area contributed by atoms with Crippen LogP contribution in [0.2, 0.25) is 0 Å². The SMILES string of the molecule is CCn1cc(C(=O)NCCCN2CCOCC2)c(=O)c2cc(S(=O)(=O)N3CCOCC3)ccc21. The Kier molecular flexibility index (Phi) is 7.99. The van der Waals surface area contributed by atoms with E-state index in [9.17, 15) is 18.0 Å². The summed E-state index contributed by atoms with van der Waals surface area (Å²) >= 11 is 0. The molecule has 0 saturated carbocycles. The Morgan fingerprint density at radius 1 is 1.06 bits per heavy atom. The van der Waals surface area contributed by atoms with Gasteiger partial charge in [-0.25, -0.2) is 8.42 Å². The highest BCUT2D eigenvalue weighted by Gasteiger charge is 2.27. The summed E-state index contributed by atoms with van der Waals surface area (Å²) in [5, 5.41) is 3.06. The topological polar surface area (TPSA) is 110 Å². The number of hydrogen-bond donors (Lipinski definition) is 1. The van der Waals surface area contributed by atoms with Crippen molar-refractivity contribution in [3.63, 3.8) is 0 Å². The molecule has 0 unspecified atom stereocenters. The average Bonchev–Trinajstić information content (AvgIpc) is 2.87. The summed E-state index contributed by atoms with van der Waals surface area (Å²) in [6, 6.07) is 4.55. The van der Waals surface area contributed by atoms with Crippen LogP contribution in [0.4, 0.5) is 0 Å². The minimum absolute atomic E-state index is 0.0154. The maximum absolute atomic E-state index is 13.2. The van der Waals surface area contributed by atoms with Gasteiger partial charge in [-0.2, -0.15) is 4.31 Å². The number of carbonyl (C=O) groups excluding carboxylic acids is 1. The van der Waals surface area contributed by atoms with Gasteiger partial charge in [-0.05, 0) is 38.1 Å². The Morgan fingerprint density at radius 3 is 2.41 bits per heavy atom. The molecule has 2 aliphatic heterocycles. The lowest BCUT2D eigenvalue weighted by Crippen LogP contribution is -2.40. The lowest BCUT2D eigenvalue weighted by Gasteiger charge is -2.26. The van der Waals surface area contributed by atoms with Crippen molar-refractivity contribution in [3.8, 4) is 0 Å². The minimum Gasteiger partial charge on any atom is -0.379 e. The van der Waals surface area contributed by atoms with E-state index in [0.29, 0.717) is 31.8 Å². The van der Waals surface area contributed by atoms with Crippen molar-refractivity contribution in [3.05, 3.63) is 40.2 Å². The van der Waals surface area contributed by atoms with Gasteiger partial charge in [-0.1, -0.05) is 0 Å². The molecule has 0 bridgehead atoms. The number of sulfonamides is 1. The summed E-state index contributed by atoms with van der Waals surface area (Å²) in [6.45, 7) is 8.18. The number of benzene rings is 1. The van der Waals surface area contributed by atoms with E-state index in [4.69, 9.17) is 9.47 Å². The second-order valence-electron chi connectivity index (χ2n) is 8.42. The maximum atomic E-state index is 13.2. The van der Waals surface area contributed by atoms with E-state index in [1.165, 1.54) is 16.4 Å². The third-order valence-electron chi connectivity index (χ3n) is 6.29. The molecule has 2 aromatic rings. The van der Waals surface area contributed by atoms with E-state index in [-0.39, 0.29) is 28.9 Å². The Labute approximate surface area is 199 Å². The predicted octanol–water partition coefficient (Wildman–Crippen LogP) is 0.494. The molecule has 0 atom stereocenters. The lowest BCUT2D eigenvalue weighted by atomic mass is 10.1. The maximum Gasteiger partial charge on any atom is 0.256 e. The number of rotatable bonds is 8. The van der Waals surface area contributed by atoms with Gasteiger partial charge in [0, 0.05) is 50.9 Å². The quantitative estimate of drug-likeness (QED) is 0.534. The number of aromatic nitrogens is 1. The Balaban J connectivity index is 1.55. The predicted molar refractivity (Wildman–Crippen MR) is 128 cm³/mol. The van der Waals surface area contributed by atoms with Crippen LogP contribution in [0.3, 0.4) is 0 Å². The molecular formula is C23H32N4O6S. The van der Waals surface area contributed by atoms with E-state index >= 15 is 0 Å². The number of nitrogens with zero attached hydrogens (tertiary/aromatic N) is 3. The van der Waals surface area contributed by atoms with Gasteiger partial charge in [0.2, 0.25) is 15.5 Å². The monoisotopic (exact) mass is 492 g/mol.